The first kappa shape index (κ1) is 10.3. The van der Waals surface area contributed by atoms with Gasteiger partial charge in [-0.1, -0.05) is 0 Å². The molecule has 1 N–H and O–H groups in total. The van der Waals surface area contributed by atoms with Crippen molar-refractivity contribution < 1.29 is 9.15 Å². The summed E-state index contributed by atoms with van der Waals surface area (Å²) in [4.78, 5) is 0. The standard InChI is InChI=1S/C10H17NO2/c1-8(7-12-3)11-9(2)10-5-4-6-13-10/h4-6,8-9,11H,7H2,1-3H3/t8?,9-/m0/s1. The Labute approximate surface area is 79.1 Å². The van der Waals surface area contributed by atoms with Gasteiger partial charge in [-0.3, -0.25) is 0 Å². The molecule has 0 radical (unpaired) electrons. The smallest absolute Gasteiger partial charge is 0.120 e. The van der Waals surface area contributed by atoms with Crippen LogP contribution in [-0.2, 0) is 4.74 Å². The molecule has 1 unspecified atom stereocenters. The molecule has 0 saturated heterocycles. The lowest BCUT2D eigenvalue weighted by molar-refractivity contribution is 0.166. The van der Waals surface area contributed by atoms with Gasteiger partial charge in [-0.2, -0.15) is 0 Å². The van der Waals surface area contributed by atoms with Crippen LogP contribution in [0.5, 0.6) is 0 Å². The van der Waals surface area contributed by atoms with Gasteiger partial charge in [0.15, 0.2) is 0 Å². The Hall–Kier alpha value is -0.800. The number of hydrogen-bond acceptors (Lipinski definition) is 3. The first-order valence-corrected chi connectivity index (χ1v) is 4.52. The van der Waals surface area contributed by atoms with Crippen LogP contribution in [0.25, 0.3) is 0 Å². The number of methoxy groups -OCH3 is 1. The van der Waals surface area contributed by atoms with E-state index in [1.165, 1.54) is 0 Å². The van der Waals surface area contributed by atoms with Crippen LogP contribution in [-0.4, -0.2) is 19.8 Å². The van der Waals surface area contributed by atoms with Gasteiger partial charge in [0, 0.05) is 13.2 Å². The summed E-state index contributed by atoms with van der Waals surface area (Å²) in [5.41, 5.74) is 0. The summed E-state index contributed by atoms with van der Waals surface area (Å²) in [5, 5.41) is 3.36. The summed E-state index contributed by atoms with van der Waals surface area (Å²) in [6, 6.07) is 4.44. The highest BCUT2D eigenvalue weighted by molar-refractivity contribution is 5.03. The van der Waals surface area contributed by atoms with Crippen molar-refractivity contribution in [3.63, 3.8) is 0 Å². The summed E-state index contributed by atoms with van der Waals surface area (Å²) >= 11 is 0. The molecule has 13 heavy (non-hydrogen) atoms. The second-order valence-electron chi connectivity index (χ2n) is 3.26. The van der Waals surface area contributed by atoms with Crippen molar-refractivity contribution in [3.8, 4) is 0 Å². The SMILES string of the molecule is COCC(C)N[C@@H](C)c1ccco1. The minimum absolute atomic E-state index is 0.236. The van der Waals surface area contributed by atoms with Crippen molar-refractivity contribution in [1.29, 1.82) is 0 Å². The number of hydrogen-bond donors (Lipinski definition) is 1. The van der Waals surface area contributed by atoms with Crippen LogP contribution in [0, 0.1) is 0 Å². The monoisotopic (exact) mass is 183 g/mol. The van der Waals surface area contributed by atoms with Gasteiger partial charge in [0.05, 0.1) is 18.9 Å². The van der Waals surface area contributed by atoms with E-state index in [1.54, 1.807) is 13.4 Å². The lowest BCUT2D eigenvalue weighted by atomic mass is 10.2. The summed E-state index contributed by atoms with van der Waals surface area (Å²) in [6.07, 6.45) is 1.69. The average molecular weight is 183 g/mol. The van der Waals surface area contributed by atoms with E-state index in [0.717, 1.165) is 5.76 Å². The van der Waals surface area contributed by atoms with E-state index in [0.29, 0.717) is 12.6 Å². The molecule has 0 saturated carbocycles. The van der Waals surface area contributed by atoms with E-state index in [1.807, 2.05) is 12.1 Å². The van der Waals surface area contributed by atoms with Crippen LogP contribution in [0.15, 0.2) is 22.8 Å². The number of furan rings is 1. The second-order valence-corrected chi connectivity index (χ2v) is 3.26. The van der Waals surface area contributed by atoms with Crippen LogP contribution >= 0.6 is 0 Å². The Morgan fingerprint density at radius 3 is 2.85 bits per heavy atom. The van der Waals surface area contributed by atoms with Gasteiger partial charge in [0.2, 0.25) is 0 Å². The summed E-state index contributed by atoms with van der Waals surface area (Å²) < 4.78 is 10.3. The number of ether oxygens (including phenoxy) is 1. The summed E-state index contributed by atoms with van der Waals surface area (Å²) in [7, 11) is 1.70. The molecule has 0 aliphatic rings. The number of rotatable bonds is 5. The molecular formula is C10H17NO2. The van der Waals surface area contributed by atoms with E-state index in [-0.39, 0.29) is 6.04 Å². The highest BCUT2D eigenvalue weighted by atomic mass is 16.5. The Bertz CT molecular complexity index is 221. The Kier molecular flexibility index (Phi) is 3.99. The predicted octanol–water partition coefficient (Wildman–Crippen LogP) is 1.97. The molecule has 0 spiro atoms. The largest absolute Gasteiger partial charge is 0.468 e. The molecule has 74 valence electrons. The molecule has 0 amide bonds. The van der Waals surface area contributed by atoms with E-state index in [4.69, 9.17) is 9.15 Å². The Balaban J connectivity index is 2.37. The molecule has 0 aliphatic carbocycles. The maximum absolute atomic E-state index is 5.27. The molecule has 1 aromatic heterocycles. The van der Waals surface area contributed by atoms with Gasteiger partial charge >= 0.3 is 0 Å². The van der Waals surface area contributed by atoms with E-state index < -0.39 is 0 Å². The van der Waals surface area contributed by atoms with Gasteiger partial charge in [0.1, 0.15) is 5.76 Å². The van der Waals surface area contributed by atoms with Crippen LogP contribution in [0.1, 0.15) is 25.6 Å². The van der Waals surface area contributed by atoms with Crippen molar-refractivity contribution >= 4 is 0 Å². The summed E-state index contributed by atoms with van der Waals surface area (Å²) in [5.74, 6) is 0.961. The molecule has 3 heteroatoms. The topological polar surface area (TPSA) is 34.4 Å². The van der Waals surface area contributed by atoms with Crippen molar-refractivity contribution in [2.45, 2.75) is 25.9 Å². The maximum Gasteiger partial charge on any atom is 0.120 e. The highest BCUT2D eigenvalue weighted by Gasteiger charge is 2.10. The quantitative estimate of drug-likeness (QED) is 0.757. The molecule has 3 nitrogen and oxygen atoms in total. The van der Waals surface area contributed by atoms with Gasteiger partial charge in [-0.15, -0.1) is 0 Å². The maximum atomic E-state index is 5.27. The van der Waals surface area contributed by atoms with E-state index in [2.05, 4.69) is 19.2 Å². The third kappa shape index (κ3) is 3.20. The van der Waals surface area contributed by atoms with E-state index >= 15 is 0 Å². The minimum Gasteiger partial charge on any atom is -0.468 e. The Morgan fingerprint density at radius 2 is 2.31 bits per heavy atom. The molecule has 1 rings (SSSR count). The third-order valence-electron chi connectivity index (χ3n) is 1.92. The fourth-order valence-electron chi connectivity index (χ4n) is 1.34. The fraction of sp³-hybridized carbons (Fsp3) is 0.600. The van der Waals surface area contributed by atoms with Crippen molar-refractivity contribution in [2.24, 2.45) is 0 Å². The van der Waals surface area contributed by atoms with Gasteiger partial charge < -0.3 is 14.5 Å². The average Bonchev–Trinajstić information content (AvgIpc) is 2.55. The van der Waals surface area contributed by atoms with Crippen LogP contribution in [0.4, 0.5) is 0 Å². The molecule has 0 bridgehead atoms. The van der Waals surface area contributed by atoms with Crippen molar-refractivity contribution in [1.82, 2.24) is 5.32 Å². The molecule has 0 fully saturated rings. The third-order valence-corrected chi connectivity index (χ3v) is 1.92. The normalized spacial score (nSPS) is 15.6. The number of nitrogens with one attached hydrogen (secondary N) is 1. The minimum atomic E-state index is 0.236. The van der Waals surface area contributed by atoms with Gasteiger partial charge in [-0.25, -0.2) is 0 Å². The highest BCUT2D eigenvalue weighted by Crippen LogP contribution is 2.12. The summed E-state index contributed by atoms with van der Waals surface area (Å²) in [6.45, 7) is 4.87. The van der Waals surface area contributed by atoms with Crippen molar-refractivity contribution in [3.05, 3.63) is 24.2 Å². The van der Waals surface area contributed by atoms with Crippen LogP contribution in [0.2, 0.25) is 0 Å². The van der Waals surface area contributed by atoms with Gasteiger partial charge in [-0.05, 0) is 26.0 Å². The zero-order valence-corrected chi connectivity index (χ0v) is 8.41. The molecule has 2 atom stereocenters. The van der Waals surface area contributed by atoms with Crippen LogP contribution < -0.4 is 5.32 Å². The van der Waals surface area contributed by atoms with Gasteiger partial charge in [0.25, 0.3) is 0 Å². The van der Waals surface area contributed by atoms with Crippen LogP contribution in [0.3, 0.4) is 0 Å². The fourth-order valence-corrected chi connectivity index (χ4v) is 1.34. The molecule has 1 aromatic rings. The molecular weight excluding hydrogens is 166 g/mol. The molecule has 0 aromatic carbocycles. The lowest BCUT2D eigenvalue weighted by Crippen LogP contribution is -2.32. The Morgan fingerprint density at radius 1 is 1.54 bits per heavy atom. The first-order valence-electron chi connectivity index (χ1n) is 4.52. The zero-order chi connectivity index (χ0) is 9.68. The lowest BCUT2D eigenvalue weighted by Gasteiger charge is -2.17. The van der Waals surface area contributed by atoms with Crippen molar-refractivity contribution in [2.75, 3.05) is 13.7 Å². The molecule has 0 aliphatic heterocycles. The molecule has 1 heterocycles. The first-order chi connectivity index (χ1) is 6.24. The predicted molar refractivity (Wildman–Crippen MR) is 51.6 cm³/mol. The van der Waals surface area contributed by atoms with E-state index in [9.17, 15) is 0 Å². The zero-order valence-electron chi connectivity index (χ0n) is 8.41. The second kappa shape index (κ2) is 5.04.